The predicted octanol–water partition coefficient (Wildman–Crippen LogP) is 0.184. The summed E-state index contributed by atoms with van der Waals surface area (Å²) in [5.74, 6) is -1.31. The van der Waals surface area contributed by atoms with Crippen molar-refractivity contribution in [2.45, 2.75) is 0 Å². The Hall–Kier alpha value is -1.99. The van der Waals surface area contributed by atoms with Crippen molar-refractivity contribution < 1.29 is 19.4 Å². The van der Waals surface area contributed by atoms with Crippen molar-refractivity contribution in [2.75, 3.05) is 46.4 Å². The van der Waals surface area contributed by atoms with Crippen LogP contribution in [0.3, 0.4) is 0 Å². The van der Waals surface area contributed by atoms with Crippen LogP contribution in [0, 0.1) is 0 Å². The number of carbonyl (C=O) groups is 2. The summed E-state index contributed by atoms with van der Waals surface area (Å²) in [4.78, 5) is 30.8. The minimum atomic E-state index is -1.09. The predicted molar refractivity (Wildman–Crippen MR) is 75.4 cm³/mol. The first-order valence-corrected chi connectivity index (χ1v) is 6.82. The topological polar surface area (TPSA) is 83.0 Å². The molecule has 0 bridgehead atoms. The quantitative estimate of drug-likeness (QED) is 0.834. The maximum absolute atomic E-state index is 12.2. The van der Waals surface area contributed by atoms with Crippen LogP contribution in [0.15, 0.2) is 18.5 Å². The smallest absolute Gasteiger partial charge is 0.337 e. The van der Waals surface area contributed by atoms with E-state index >= 15 is 0 Å². The summed E-state index contributed by atoms with van der Waals surface area (Å²) in [5.41, 5.74) is 0.307. The van der Waals surface area contributed by atoms with Gasteiger partial charge in [-0.3, -0.25) is 14.7 Å². The van der Waals surface area contributed by atoms with Crippen molar-refractivity contribution in [2.24, 2.45) is 0 Å². The Morgan fingerprint density at radius 3 is 2.67 bits per heavy atom. The molecule has 0 spiro atoms. The monoisotopic (exact) mass is 293 g/mol. The van der Waals surface area contributed by atoms with Gasteiger partial charge in [0.05, 0.1) is 24.3 Å². The maximum atomic E-state index is 12.2. The second kappa shape index (κ2) is 7.14. The largest absolute Gasteiger partial charge is 0.478 e. The summed E-state index contributed by atoms with van der Waals surface area (Å²) in [7, 11) is 1.70. The fraction of sp³-hybridized carbons (Fsp3) is 0.500. The van der Waals surface area contributed by atoms with Crippen LogP contribution in [0.4, 0.5) is 0 Å². The summed E-state index contributed by atoms with van der Waals surface area (Å²) in [6.45, 7) is 4.55. The fourth-order valence-electron chi connectivity index (χ4n) is 2.11. The second-order valence-corrected chi connectivity index (χ2v) is 4.95. The Bertz CT molecular complexity index is 515. The SMILES string of the molecule is CN(CCN1CCOCC1)C(=O)c1cncc(C(=O)O)c1. The van der Waals surface area contributed by atoms with Gasteiger partial charge >= 0.3 is 5.97 Å². The average Bonchev–Trinajstić information content (AvgIpc) is 2.53. The first-order valence-electron chi connectivity index (χ1n) is 6.82. The number of nitrogens with zero attached hydrogens (tertiary/aromatic N) is 3. The van der Waals surface area contributed by atoms with Crippen molar-refractivity contribution in [3.05, 3.63) is 29.6 Å². The Labute approximate surface area is 123 Å². The molecule has 7 heteroatoms. The Morgan fingerprint density at radius 2 is 2.00 bits per heavy atom. The fourth-order valence-corrected chi connectivity index (χ4v) is 2.11. The molecule has 0 aromatic carbocycles. The molecule has 1 aliphatic heterocycles. The molecule has 21 heavy (non-hydrogen) atoms. The van der Waals surface area contributed by atoms with Crippen LogP contribution in [-0.4, -0.2) is 78.2 Å². The number of rotatable bonds is 5. The normalized spacial score (nSPS) is 15.7. The van der Waals surface area contributed by atoms with Gasteiger partial charge < -0.3 is 14.7 Å². The number of carboxylic acids is 1. The molecule has 1 aromatic heterocycles. The van der Waals surface area contributed by atoms with E-state index in [9.17, 15) is 9.59 Å². The lowest BCUT2D eigenvalue weighted by molar-refractivity contribution is 0.0338. The van der Waals surface area contributed by atoms with E-state index in [2.05, 4.69) is 9.88 Å². The number of pyridine rings is 1. The summed E-state index contributed by atoms with van der Waals surface area (Å²) in [6, 6.07) is 1.35. The molecule has 1 amide bonds. The van der Waals surface area contributed by atoms with E-state index < -0.39 is 5.97 Å². The molecule has 114 valence electrons. The Kier molecular flexibility index (Phi) is 5.24. The van der Waals surface area contributed by atoms with Crippen LogP contribution < -0.4 is 0 Å². The summed E-state index contributed by atoms with van der Waals surface area (Å²) in [6.07, 6.45) is 2.62. The van der Waals surface area contributed by atoms with Gasteiger partial charge in [0.25, 0.3) is 5.91 Å². The van der Waals surface area contributed by atoms with Crippen molar-refractivity contribution in [1.82, 2.24) is 14.8 Å². The molecule has 1 saturated heterocycles. The molecular formula is C14H19N3O4. The van der Waals surface area contributed by atoms with Gasteiger partial charge in [0, 0.05) is 45.6 Å². The highest BCUT2D eigenvalue weighted by atomic mass is 16.5. The van der Waals surface area contributed by atoms with Crippen LogP contribution in [-0.2, 0) is 4.74 Å². The second-order valence-electron chi connectivity index (χ2n) is 4.95. The molecule has 1 aromatic rings. The van der Waals surface area contributed by atoms with E-state index in [1.54, 1.807) is 11.9 Å². The number of ether oxygens (including phenoxy) is 1. The van der Waals surface area contributed by atoms with Crippen molar-refractivity contribution in [1.29, 1.82) is 0 Å². The van der Waals surface area contributed by atoms with E-state index in [1.165, 1.54) is 18.5 Å². The third-order valence-corrected chi connectivity index (χ3v) is 3.43. The minimum absolute atomic E-state index is 0.0161. The van der Waals surface area contributed by atoms with E-state index in [-0.39, 0.29) is 11.5 Å². The molecular weight excluding hydrogens is 274 g/mol. The zero-order valence-electron chi connectivity index (χ0n) is 12.0. The van der Waals surface area contributed by atoms with Gasteiger partial charge in [-0.15, -0.1) is 0 Å². The zero-order valence-corrected chi connectivity index (χ0v) is 12.0. The van der Waals surface area contributed by atoms with Gasteiger partial charge in [0.2, 0.25) is 0 Å². The number of morpholine rings is 1. The van der Waals surface area contributed by atoms with Gasteiger partial charge in [-0.05, 0) is 6.07 Å². The third-order valence-electron chi connectivity index (χ3n) is 3.43. The lowest BCUT2D eigenvalue weighted by Gasteiger charge is -2.28. The molecule has 2 rings (SSSR count). The summed E-state index contributed by atoms with van der Waals surface area (Å²) >= 11 is 0. The number of hydrogen-bond donors (Lipinski definition) is 1. The number of hydrogen-bond acceptors (Lipinski definition) is 5. The lowest BCUT2D eigenvalue weighted by Crippen LogP contribution is -2.42. The van der Waals surface area contributed by atoms with Crippen LogP contribution in [0.25, 0.3) is 0 Å². The van der Waals surface area contributed by atoms with Crippen LogP contribution in [0.5, 0.6) is 0 Å². The molecule has 0 atom stereocenters. The number of aromatic carboxylic acids is 1. The van der Waals surface area contributed by atoms with Crippen molar-refractivity contribution >= 4 is 11.9 Å². The molecule has 1 aliphatic rings. The number of carbonyl (C=O) groups excluding carboxylic acids is 1. The molecule has 1 N–H and O–H groups in total. The molecule has 0 unspecified atom stereocenters. The highest BCUT2D eigenvalue weighted by Crippen LogP contribution is 2.06. The number of likely N-dealkylation sites (N-methyl/N-ethyl adjacent to an activating group) is 1. The standard InChI is InChI=1S/C14H19N3O4/c1-16(2-3-17-4-6-21-7-5-17)13(18)11-8-12(14(19)20)10-15-9-11/h8-10H,2-7H2,1H3,(H,19,20). The lowest BCUT2D eigenvalue weighted by atomic mass is 10.2. The van der Waals surface area contributed by atoms with Crippen LogP contribution in [0.2, 0.25) is 0 Å². The number of aromatic nitrogens is 1. The van der Waals surface area contributed by atoms with E-state index in [1.807, 2.05) is 0 Å². The highest BCUT2D eigenvalue weighted by molar-refractivity contribution is 5.96. The molecule has 0 radical (unpaired) electrons. The summed E-state index contributed by atoms with van der Waals surface area (Å²) < 4.78 is 5.27. The summed E-state index contributed by atoms with van der Waals surface area (Å²) in [5, 5.41) is 8.92. The van der Waals surface area contributed by atoms with Crippen molar-refractivity contribution in [3.63, 3.8) is 0 Å². The maximum Gasteiger partial charge on any atom is 0.337 e. The number of amides is 1. The molecule has 1 fully saturated rings. The van der Waals surface area contributed by atoms with Gasteiger partial charge in [0.15, 0.2) is 0 Å². The Balaban J connectivity index is 1.92. The zero-order chi connectivity index (χ0) is 15.2. The molecule has 0 saturated carbocycles. The van der Waals surface area contributed by atoms with Crippen LogP contribution >= 0.6 is 0 Å². The first-order chi connectivity index (χ1) is 10.1. The van der Waals surface area contributed by atoms with E-state index in [4.69, 9.17) is 9.84 Å². The van der Waals surface area contributed by atoms with Gasteiger partial charge in [0.1, 0.15) is 0 Å². The Morgan fingerprint density at radius 1 is 1.33 bits per heavy atom. The van der Waals surface area contributed by atoms with Gasteiger partial charge in [-0.25, -0.2) is 4.79 Å². The number of carboxylic acid groups (broad SMARTS) is 1. The first kappa shape index (κ1) is 15.4. The minimum Gasteiger partial charge on any atom is -0.478 e. The molecule has 2 heterocycles. The third kappa shape index (κ3) is 4.24. The van der Waals surface area contributed by atoms with Gasteiger partial charge in [-0.1, -0.05) is 0 Å². The molecule has 7 nitrogen and oxygen atoms in total. The van der Waals surface area contributed by atoms with E-state index in [0.29, 0.717) is 12.1 Å². The van der Waals surface area contributed by atoms with Gasteiger partial charge in [-0.2, -0.15) is 0 Å². The average molecular weight is 293 g/mol. The highest BCUT2D eigenvalue weighted by Gasteiger charge is 2.16. The molecule has 0 aliphatic carbocycles. The van der Waals surface area contributed by atoms with E-state index in [0.717, 1.165) is 32.8 Å². The van der Waals surface area contributed by atoms with Crippen LogP contribution in [0.1, 0.15) is 20.7 Å². The van der Waals surface area contributed by atoms with Crippen molar-refractivity contribution in [3.8, 4) is 0 Å².